The summed E-state index contributed by atoms with van der Waals surface area (Å²) in [4.78, 5) is 17.3. The molecule has 0 saturated carbocycles. The number of pyridine rings is 4. The SMILES string of the molecule is C=C(Nc1ccnc(-c2cccnc2)c1C)c1n[nH]c2cnc(-c3cncc(CNCC)c3)c(F)c12. The predicted molar refractivity (Wildman–Crippen MR) is 139 cm³/mol. The Morgan fingerprint density at radius 2 is 1.89 bits per heavy atom. The van der Waals surface area contributed by atoms with Crippen molar-refractivity contribution in [3.63, 3.8) is 0 Å². The molecule has 0 aliphatic carbocycles. The van der Waals surface area contributed by atoms with Crippen molar-refractivity contribution in [1.82, 2.24) is 35.5 Å². The van der Waals surface area contributed by atoms with Gasteiger partial charge in [-0.2, -0.15) is 5.10 Å². The van der Waals surface area contributed by atoms with Crippen LogP contribution >= 0.6 is 0 Å². The molecule has 5 aromatic rings. The summed E-state index contributed by atoms with van der Waals surface area (Å²) in [5.74, 6) is -0.482. The number of aromatic nitrogens is 6. The monoisotopic (exact) mass is 480 g/mol. The van der Waals surface area contributed by atoms with E-state index in [2.05, 4.69) is 47.3 Å². The van der Waals surface area contributed by atoms with Crippen molar-refractivity contribution >= 4 is 22.3 Å². The Hall–Kier alpha value is -4.50. The fourth-order valence-electron chi connectivity index (χ4n) is 4.06. The van der Waals surface area contributed by atoms with Gasteiger partial charge < -0.3 is 10.6 Å². The molecule has 0 amide bonds. The number of fused-ring (bicyclic) bond motifs is 1. The Labute approximate surface area is 207 Å². The van der Waals surface area contributed by atoms with E-state index >= 15 is 4.39 Å². The van der Waals surface area contributed by atoms with Gasteiger partial charge in [0.05, 0.1) is 28.5 Å². The molecule has 8 nitrogen and oxygen atoms in total. The highest BCUT2D eigenvalue weighted by Crippen LogP contribution is 2.32. The fraction of sp³-hybridized carbons (Fsp3) is 0.148. The minimum atomic E-state index is -0.482. The van der Waals surface area contributed by atoms with Crippen LogP contribution in [0.3, 0.4) is 0 Å². The Morgan fingerprint density at radius 3 is 2.69 bits per heavy atom. The van der Waals surface area contributed by atoms with Crippen LogP contribution in [-0.4, -0.2) is 36.7 Å². The summed E-state index contributed by atoms with van der Waals surface area (Å²) in [6.45, 7) is 9.61. The lowest BCUT2D eigenvalue weighted by Gasteiger charge is -2.14. The molecule has 0 spiro atoms. The average molecular weight is 481 g/mol. The lowest BCUT2D eigenvalue weighted by Crippen LogP contribution is -2.11. The second kappa shape index (κ2) is 10.0. The third-order valence-electron chi connectivity index (χ3n) is 5.90. The molecule has 0 aromatic carbocycles. The number of hydrogen-bond acceptors (Lipinski definition) is 7. The molecule has 0 fully saturated rings. The third kappa shape index (κ3) is 4.44. The van der Waals surface area contributed by atoms with Gasteiger partial charge in [-0.25, -0.2) is 4.39 Å². The first-order valence-corrected chi connectivity index (χ1v) is 11.6. The highest BCUT2D eigenvalue weighted by Gasteiger charge is 2.20. The topological polar surface area (TPSA) is 104 Å². The number of halogens is 1. The van der Waals surface area contributed by atoms with Gasteiger partial charge in [-0.1, -0.05) is 13.5 Å². The van der Waals surface area contributed by atoms with Gasteiger partial charge in [0.25, 0.3) is 0 Å². The van der Waals surface area contributed by atoms with E-state index < -0.39 is 5.82 Å². The zero-order valence-corrected chi connectivity index (χ0v) is 20.0. The smallest absolute Gasteiger partial charge is 0.161 e. The molecule has 5 rings (SSSR count). The Bertz CT molecular complexity index is 1540. The molecule has 36 heavy (non-hydrogen) atoms. The van der Waals surface area contributed by atoms with E-state index in [1.54, 1.807) is 37.2 Å². The number of nitrogens with one attached hydrogen (secondary N) is 3. The summed E-state index contributed by atoms with van der Waals surface area (Å²) >= 11 is 0. The maximum absolute atomic E-state index is 15.8. The number of hydrogen-bond donors (Lipinski definition) is 3. The van der Waals surface area contributed by atoms with Crippen LogP contribution in [0, 0.1) is 12.7 Å². The molecule has 5 heterocycles. The van der Waals surface area contributed by atoms with E-state index in [4.69, 9.17) is 0 Å². The van der Waals surface area contributed by atoms with Crippen LogP contribution in [0.25, 0.3) is 39.1 Å². The lowest BCUT2D eigenvalue weighted by molar-refractivity contribution is 0.637. The Balaban J connectivity index is 1.49. The van der Waals surface area contributed by atoms with Crippen molar-refractivity contribution in [2.75, 3.05) is 11.9 Å². The van der Waals surface area contributed by atoms with E-state index in [-0.39, 0.29) is 5.69 Å². The first-order valence-electron chi connectivity index (χ1n) is 11.6. The van der Waals surface area contributed by atoms with E-state index in [1.807, 2.05) is 38.1 Å². The summed E-state index contributed by atoms with van der Waals surface area (Å²) in [5.41, 5.74) is 6.48. The lowest BCUT2D eigenvalue weighted by atomic mass is 10.1. The molecular formula is C27H25FN8. The minimum Gasteiger partial charge on any atom is -0.354 e. The van der Waals surface area contributed by atoms with Crippen LogP contribution in [0.4, 0.5) is 10.1 Å². The number of H-pyrrole nitrogens is 1. The standard InChI is InChI=1S/C27H25FN8/c1-4-29-11-18-10-20(14-31-12-18)27-24(28)23-22(15-33-27)35-36-26(23)17(3)34-21-7-9-32-25(16(21)2)19-6-5-8-30-13-19/h5-10,12-15,29H,3-4,11H2,1-2H3,(H,32,34)(H,35,36). The van der Waals surface area contributed by atoms with Gasteiger partial charge >= 0.3 is 0 Å². The molecular weight excluding hydrogens is 455 g/mol. The number of anilines is 1. The summed E-state index contributed by atoms with van der Waals surface area (Å²) in [6.07, 6.45) is 10.1. The number of nitrogens with zero attached hydrogens (tertiary/aromatic N) is 5. The fourth-order valence-corrected chi connectivity index (χ4v) is 4.06. The summed E-state index contributed by atoms with van der Waals surface area (Å²) < 4.78 is 15.8. The van der Waals surface area contributed by atoms with Gasteiger partial charge in [-0.3, -0.25) is 25.0 Å². The zero-order valence-electron chi connectivity index (χ0n) is 20.0. The minimum absolute atomic E-state index is 0.211. The number of aromatic amines is 1. The van der Waals surface area contributed by atoms with Crippen LogP contribution < -0.4 is 10.6 Å². The first kappa shape index (κ1) is 23.3. The molecule has 0 radical (unpaired) electrons. The highest BCUT2D eigenvalue weighted by atomic mass is 19.1. The number of rotatable bonds is 8. The molecule has 3 N–H and O–H groups in total. The van der Waals surface area contributed by atoms with Crippen LogP contribution in [0.15, 0.2) is 68.0 Å². The van der Waals surface area contributed by atoms with E-state index in [0.717, 1.165) is 34.6 Å². The molecule has 0 aliphatic heterocycles. The van der Waals surface area contributed by atoms with Gasteiger partial charge in [0.1, 0.15) is 11.4 Å². The molecule has 0 saturated heterocycles. The quantitative estimate of drug-likeness (QED) is 0.283. The van der Waals surface area contributed by atoms with Crippen molar-refractivity contribution in [2.45, 2.75) is 20.4 Å². The molecule has 0 bridgehead atoms. The summed E-state index contributed by atoms with van der Waals surface area (Å²) in [6, 6.07) is 7.56. The van der Waals surface area contributed by atoms with Crippen molar-refractivity contribution in [2.24, 2.45) is 0 Å². The average Bonchev–Trinajstić information content (AvgIpc) is 3.35. The van der Waals surface area contributed by atoms with Crippen LogP contribution in [-0.2, 0) is 6.54 Å². The van der Waals surface area contributed by atoms with Crippen LogP contribution in [0.1, 0.15) is 23.7 Å². The summed E-state index contributed by atoms with van der Waals surface area (Å²) in [5, 5.41) is 14.1. The normalized spacial score (nSPS) is 11.1. The van der Waals surface area contributed by atoms with Gasteiger partial charge in [0.15, 0.2) is 5.82 Å². The van der Waals surface area contributed by atoms with E-state index in [1.165, 1.54) is 0 Å². The van der Waals surface area contributed by atoms with E-state index in [0.29, 0.717) is 34.4 Å². The molecule has 180 valence electrons. The van der Waals surface area contributed by atoms with Crippen molar-refractivity contribution in [3.05, 3.63) is 90.7 Å². The van der Waals surface area contributed by atoms with Crippen LogP contribution in [0.2, 0.25) is 0 Å². The third-order valence-corrected chi connectivity index (χ3v) is 5.90. The largest absolute Gasteiger partial charge is 0.354 e. The van der Waals surface area contributed by atoms with Gasteiger partial charge in [-0.05, 0) is 48.9 Å². The highest BCUT2D eigenvalue weighted by molar-refractivity contribution is 5.95. The second-order valence-corrected chi connectivity index (χ2v) is 8.32. The van der Waals surface area contributed by atoms with Crippen molar-refractivity contribution in [3.8, 4) is 22.5 Å². The zero-order chi connectivity index (χ0) is 25.1. The van der Waals surface area contributed by atoms with Gasteiger partial charge in [0, 0.05) is 54.3 Å². The molecule has 9 heteroatoms. The van der Waals surface area contributed by atoms with Crippen LogP contribution in [0.5, 0.6) is 0 Å². The Kier molecular flexibility index (Phi) is 6.46. The molecule has 0 aliphatic rings. The Morgan fingerprint density at radius 1 is 1.03 bits per heavy atom. The second-order valence-electron chi connectivity index (χ2n) is 8.32. The van der Waals surface area contributed by atoms with Crippen molar-refractivity contribution in [1.29, 1.82) is 0 Å². The predicted octanol–water partition coefficient (Wildman–Crippen LogP) is 5.12. The van der Waals surface area contributed by atoms with Gasteiger partial charge in [-0.15, -0.1) is 0 Å². The maximum Gasteiger partial charge on any atom is 0.161 e. The summed E-state index contributed by atoms with van der Waals surface area (Å²) in [7, 11) is 0. The molecule has 0 atom stereocenters. The molecule has 5 aromatic heterocycles. The maximum atomic E-state index is 15.8. The van der Waals surface area contributed by atoms with Crippen molar-refractivity contribution < 1.29 is 4.39 Å². The first-order chi connectivity index (χ1) is 17.6. The molecule has 0 unspecified atom stereocenters. The van der Waals surface area contributed by atoms with Gasteiger partial charge in [0.2, 0.25) is 0 Å². The van der Waals surface area contributed by atoms with E-state index in [9.17, 15) is 0 Å².